The first-order chi connectivity index (χ1) is 4.46. The van der Waals surface area contributed by atoms with Gasteiger partial charge in [0.25, 0.3) is 0 Å². The van der Waals surface area contributed by atoms with E-state index in [9.17, 15) is 9.59 Å². The Kier molecular flexibility index (Phi) is 3.22. The third-order valence-electron chi connectivity index (χ3n) is 1.53. The molecule has 58 valence electrons. The second-order valence-corrected chi connectivity index (χ2v) is 2.45. The maximum Gasteiger partial charge on any atom is 0.158 e. The van der Waals surface area contributed by atoms with Gasteiger partial charge in [-0.25, -0.2) is 0 Å². The fourth-order valence-corrected chi connectivity index (χ4v) is 0.574. The van der Waals surface area contributed by atoms with Gasteiger partial charge in [0.1, 0.15) is 11.9 Å². The molecule has 0 saturated heterocycles. The average molecular weight is 144 g/mol. The Morgan fingerprint density at radius 1 is 1.20 bits per heavy atom. The molecule has 0 aliphatic carbocycles. The average Bonchev–Trinajstić information content (AvgIpc) is 1.84. The summed E-state index contributed by atoms with van der Waals surface area (Å²) >= 11 is 0. The van der Waals surface area contributed by atoms with Crippen LogP contribution in [0, 0.1) is 5.92 Å². The van der Waals surface area contributed by atoms with E-state index in [0.717, 1.165) is 0 Å². The summed E-state index contributed by atoms with van der Waals surface area (Å²) in [6.07, 6.45) is -1.13. The zero-order valence-corrected chi connectivity index (χ0v) is 6.42. The third-order valence-corrected chi connectivity index (χ3v) is 1.53. The van der Waals surface area contributed by atoms with Crippen molar-refractivity contribution in [2.45, 2.75) is 26.9 Å². The minimum atomic E-state index is -1.13. The summed E-state index contributed by atoms with van der Waals surface area (Å²) in [5.41, 5.74) is 0. The van der Waals surface area contributed by atoms with Crippen LogP contribution in [0.5, 0.6) is 0 Å². The predicted molar refractivity (Wildman–Crippen MR) is 36.5 cm³/mol. The van der Waals surface area contributed by atoms with E-state index < -0.39 is 12.0 Å². The quantitative estimate of drug-likeness (QED) is 0.614. The van der Waals surface area contributed by atoms with Crippen LogP contribution >= 0.6 is 0 Å². The van der Waals surface area contributed by atoms with Crippen molar-refractivity contribution in [1.82, 2.24) is 0 Å². The molecule has 0 spiro atoms. The molecule has 0 amide bonds. The van der Waals surface area contributed by atoms with E-state index in [4.69, 9.17) is 5.11 Å². The highest BCUT2D eigenvalue weighted by atomic mass is 16.3. The van der Waals surface area contributed by atoms with Crippen molar-refractivity contribution in [3.8, 4) is 0 Å². The summed E-state index contributed by atoms with van der Waals surface area (Å²) in [6.45, 7) is 4.16. The molecule has 0 radical (unpaired) electrons. The van der Waals surface area contributed by atoms with Gasteiger partial charge in [0.05, 0.1) is 0 Å². The summed E-state index contributed by atoms with van der Waals surface area (Å²) in [4.78, 5) is 21.1. The molecule has 0 fully saturated rings. The van der Waals surface area contributed by atoms with Gasteiger partial charge < -0.3 is 5.11 Å². The van der Waals surface area contributed by atoms with Crippen molar-refractivity contribution < 1.29 is 14.7 Å². The lowest BCUT2D eigenvalue weighted by Gasteiger charge is -2.11. The lowest BCUT2D eigenvalue weighted by molar-refractivity contribution is -0.134. The number of aliphatic hydroxyl groups excluding tert-OH is 1. The zero-order valence-electron chi connectivity index (χ0n) is 6.42. The largest absolute Gasteiger partial charge is 0.385 e. The molecule has 0 saturated carbocycles. The maximum atomic E-state index is 10.6. The smallest absolute Gasteiger partial charge is 0.158 e. The van der Waals surface area contributed by atoms with Crippen LogP contribution in [0.4, 0.5) is 0 Å². The van der Waals surface area contributed by atoms with Gasteiger partial charge in [0, 0.05) is 5.92 Å². The summed E-state index contributed by atoms with van der Waals surface area (Å²) in [5.74, 6) is -1.09. The highest BCUT2D eigenvalue weighted by Crippen LogP contribution is 2.04. The first-order valence-corrected chi connectivity index (χ1v) is 3.15. The molecule has 0 aliphatic rings. The van der Waals surface area contributed by atoms with Gasteiger partial charge in [-0.1, -0.05) is 6.92 Å². The second kappa shape index (κ2) is 3.46. The van der Waals surface area contributed by atoms with E-state index in [1.165, 1.54) is 20.8 Å². The highest BCUT2D eigenvalue weighted by molar-refractivity contribution is 5.88. The molecule has 0 aromatic rings. The summed E-state index contributed by atoms with van der Waals surface area (Å²) < 4.78 is 0. The molecular weight excluding hydrogens is 132 g/mol. The van der Waals surface area contributed by atoms with Crippen molar-refractivity contribution in [3.63, 3.8) is 0 Å². The summed E-state index contributed by atoms with van der Waals surface area (Å²) in [7, 11) is 0. The molecule has 0 aliphatic heterocycles. The van der Waals surface area contributed by atoms with E-state index in [-0.39, 0.29) is 11.6 Å². The molecule has 0 bridgehead atoms. The highest BCUT2D eigenvalue weighted by Gasteiger charge is 2.21. The number of rotatable bonds is 3. The van der Waals surface area contributed by atoms with Crippen LogP contribution in [0.3, 0.4) is 0 Å². The molecule has 2 atom stereocenters. The fourth-order valence-electron chi connectivity index (χ4n) is 0.574. The van der Waals surface area contributed by atoms with Gasteiger partial charge in [-0.15, -0.1) is 0 Å². The van der Waals surface area contributed by atoms with Crippen LogP contribution in [0.15, 0.2) is 0 Å². The Hall–Kier alpha value is -0.700. The van der Waals surface area contributed by atoms with Crippen LogP contribution in [-0.2, 0) is 9.59 Å². The number of ketones is 2. The molecule has 1 N–H and O–H groups in total. The van der Waals surface area contributed by atoms with Crippen LogP contribution in [0.2, 0.25) is 0 Å². The normalized spacial score (nSPS) is 16.0. The number of aliphatic hydroxyl groups is 1. The number of hydrogen-bond donors (Lipinski definition) is 1. The van der Waals surface area contributed by atoms with Crippen molar-refractivity contribution >= 4 is 11.6 Å². The number of hydrogen-bond acceptors (Lipinski definition) is 3. The molecular formula is C7H12O3. The molecule has 10 heavy (non-hydrogen) atoms. The Morgan fingerprint density at radius 2 is 1.60 bits per heavy atom. The lowest BCUT2D eigenvalue weighted by Crippen LogP contribution is -2.29. The van der Waals surface area contributed by atoms with Crippen LogP contribution < -0.4 is 0 Å². The number of carbonyl (C=O) groups is 2. The van der Waals surface area contributed by atoms with Crippen molar-refractivity contribution in [2.24, 2.45) is 5.92 Å². The Morgan fingerprint density at radius 3 is 1.70 bits per heavy atom. The Balaban J connectivity index is 4.07. The van der Waals surface area contributed by atoms with Crippen molar-refractivity contribution in [3.05, 3.63) is 0 Å². The summed E-state index contributed by atoms with van der Waals surface area (Å²) in [5, 5.41) is 9.00. The molecule has 3 heteroatoms. The van der Waals surface area contributed by atoms with E-state index in [1.54, 1.807) is 0 Å². The zero-order chi connectivity index (χ0) is 8.31. The second-order valence-electron chi connectivity index (χ2n) is 2.45. The Labute approximate surface area is 60.0 Å². The van der Waals surface area contributed by atoms with Crippen molar-refractivity contribution in [2.75, 3.05) is 0 Å². The van der Waals surface area contributed by atoms with Gasteiger partial charge in [0.15, 0.2) is 5.78 Å². The van der Waals surface area contributed by atoms with Crippen LogP contribution in [0.25, 0.3) is 0 Å². The van der Waals surface area contributed by atoms with Crippen LogP contribution in [-0.4, -0.2) is 22.8 Å². The molecule has 0 aromatic heterocycles. The minimum Gasteiger partial charge on any atom is -0.385 e. The van der Waals surface area contributed by atoms with E-state index in [2.05, 4.69) is 0 Å². The first-order valence-electron chi connectivity index (χ1n) is 3.15. The fraction of sp³-hybridized carbons (Fsp3) is 0.714. The van der Waals surface area contributed by atoms with Crippen molar-refractivity contribution in [1.29, 1.82) is 0 Å². The monoisotopic (exact) mass is 144 g/mol. The van der Waals surface area contributed by atoms with Gasteiger partial charge in [0.2, 0.25) is 0 Å². The Bertz CT molecular complexity index is 133. The van der Waals surface area contributed by atoms with Gasteiger partial charge in [-0.3, -0.25) is 9.59 Å². The standard InChI is InChI=1S/C7H12O3/c1-4(5(2)8)7(10)6(3)9/h4,7,10H,1-3H3/t4-,7?/m1/s1. The first kappa shape index (κ1) is 9.30. The molecule has 0 rings (SSSR count). The molecule has 1 unspecified atom stereocenters. The van der Waals surface area contributed by atoms with E-state index in [0.29, 0.717) is 0 Å². The number of carbonyl (C=O) groups excluding carboxylic acids is 2. The minimum absolute atomic E-state index is 0.164. The maximum absolute atomic E-state index is 10.6. The van der Waals surface area contributed by atoms with Gasteiger partial charge in [-0.2, -0.15) is 0 Å². The van der Waals surface area contributed by atoms with Crippen LogP contribution in [0.1, 0.15) is 20.8 Å². The lowest BCUT2D eigenvalue weighted by atomic mass is 9.98. The predicted octanol–water partition coefficient (Wildman–Crippen LogP) is 0.161. The SMILES string of the molecule is CC(=O)C(O)[C@H](C)C(C)=O. The third kappa shape index (κ3) is 2.27. The molecule has 0 aromatic carbocycles. The van der Waals surface area contributed by atoms with Gasteiger partial charge >= 0.3 is 0 Å². The van der Waals surface area contributed by atoms with E-state index >= 15 is 0 Å². The van der Waals surface area contributed by atoms with E-state index in [1.807, 2.05) is 0 Å². The van der Waals surface area contributed by atoms with Gasteiger partial charge in [-0.05, 0) is 13.8 Å². The topological polar surface area (TPSA) is 54.4 Å². The molecule has 0 heterocycles. The number of Topliss-reactive ketones (excluding diaryl/α,β-unsaturated/α-hetero) is 2. The molecule has 3 nitrogen and oxygen atoms in total. The summed E-state index contributed by atoms with van der Waals surface area (Å²) in [6, 6.07) is 0.